The second kappa shape index (κ2) is 9.85. The van der Waals surface area contributed by atoms with Gasteiger partial charge >= 0.3 is 6.08 Å². The van der Waals surface area contributed by atoms with E-state index in [2.05, 4.69) is 11.6 Å². The molecule has 66 valence electrons. The molecule has 0 atom stereocenters. The monoisotopic (exact) mass is 206 g/mol. The maximum atomic E-state index is 11.3. The highest BCUT2D eigenvalue weighted by atomic mass is 35.5. The average Bonchev–Trinajstić information content (AvgIpc) is 2.03. The smallest absolute Gasteiger partial charge is 0.205 e. The van der Waals surface area contributed by atoms with Gasteiger partial charge in [-0.05, 0) is 12.5 Å². The van der Waals surface area contributed by atoms with Crippen molar-refractivity contribution in [3.8, 4) is 0 Å². The van der Waals surface area contributed by atoms with Gasteiger partial charge in [0.2, 0.25) is 0 Å². The van der Waals surface area contributed by atoms with E-state index in [4.69, 9.17) is 11.6 Å². The van der Waals surface area contributed by atoms with E-state index in [1.807, 2.05) is 6.92 Å². The normalized spacial score (nSPS) is 8.91. The second-order valence-corrected chi connectivity index (χ2v) is 1.78. The molecule has 0 aliphatic heterocycles. The lowest BCUT2D eigenvalue weighted by molar-refractivity contribution is 0.381. The van der Waals surface area contributed by atoms with E-state index in [0.29, 0.717) is 0 Å². The van der Waals surface area contributed by atoms with E-state index < -0.39 is 17.8 Å². The summed E-state index contributed by atoms with van der Waals surface area (Å²) in [6.45, 7) is 1.87. The average molecular weight is 207 g/mol. The first-order valence-corrected chi connectivity index (χ1v) is 3.54. The van der Waals surface area contributed by atoms with Gasteiger partial charge in [0.25, 0.3) is 0 Å². The summed E-state index contributed by atoms with van der Waals surface area (Å²) >= 11 is 9.64. The molecule has 0 aromatic rings. The van der Waals surface area contributed by atoms with Crippen LogP contribution >= 0.6 is 23.2 Å². The predicted molar refractivity (Wildman–Crippen MR) is 41.7 cm³/mol. The lowest BCUT2D eigenvalue weighted by Crippen LogP contribution is -1.73. The summed E-state index contributed by atoms with van der Waals surface area (Å²) in [4.78, 5) is 0. The molecule has 0 aromatic carbocycles. The number of hydrogen-bond donors (Lipinski definition) is 0. The molecule has 0 aliphatic carbocycles. The summed E-state index contributed by atoms with van der Waals surface area (Å²) < 4.78 is 33.0. The van der Waals surface area contributed by atoms with Crippen molar-refractivity contribution in [3.05, 3.63) is 23.5 Å². The van der Waals surface area contributed by atoms with Gasteiger partial charge in [0.1, 0.15) is 0 Å². The number of rotatable bonds is 1. The minimum absolute atomic E-state index is 0.748. The molecule has 0 nitrogen and oxygen atoms in total. The Balaban J connectivity index is 0. The van der Waals surface area contributed by atoms with Crippen LogP contribution in [0, 0.1) is 0 Å². The minimum atomic E-state index is -2.34. The summed E-state index contributed by atoms with van der Waals surface area (Å²) in [6, 6.07) is 0. The van der Waals surface area contributed by atoms with Crippen molar-refractivity contribution in [2.45, 2.75) is 6.92 Å². The van der Waals surface area contributed by atoms with Crippen LogP contribution in [-0.2, 0) is 0 Å². The zero-order valence-corrected chi connectivity index (χ0v) is 7.26. The fraction of sp³-hybridized carbons (Fsp3) is 0.333. The zero-order valence-electron chi connectivity index (χ0n) is 5.75. The fourth-order valence-electron chi connectivity index (χ4n) is 0.0505. The van der Waals surface area contributed by atoms with Crippen molar-refractivity contribution in [3.63, 3.8) is 0 Å². The lowest BCUT2D eigenvalue weighted by atomic mass is 10.7. The molecule has 0 fully saturated rings. The van der Waals surface area contributed by atoms with Crippen LogP contribution in [-0.4, -0.2) is 5.88 Å². The topological polar surface area (TPSA) is 0 Å². The molecule has 0 heterocycles. The molecule has 11 heavy (non-hydrogen) atoms. The molecular formula is C6H7Cl2F3. The maximum Gasteiger partial charge on any atom is 0.302 e. The van der Waals surface area contributed by atoms with Crippen molar-refractivity contribution in [1.29, 1.82) is 0 Å². The Morgan fingerprint density at radius 2 is 1.73 bits per heavy atom. The SMILES string of the molecule is CC=CCl.FC(F)=C(F)CCl. The number of hydrogen-bond acceptors (Lipinski definition) is 0. The molecule has 0 rings (SSSR count). The summed E-state index contributed by atoms with van der Waals surface area (Å²) in [6.07, 6.45) is -0.573. The Kier molecular flexibility index (Phi) is 12.0. The van der Waals surface area contributed by atoms with Crippen LogP contribution in [0.1, 0.15) is 6.92 Å². The van der Waals surface area contributed by atoms with Crippen LogP contribution in [0.25, 0.3) is 0 Å². The van der Waals surface area contributed by atoms with Crippen molar-refractivity contribution < 1.29 is 13.2 Å². The Labute approximate surface area is 73.3 Å². The first kappa shape index (κ1) is 13.4. The quantitative estimate of drug-likeness (QED) is 0.568. The standard InChI is InChI=1S/C3H2ClF3.C3H5Cl/c4-1-2(5)3(6)7;1-2-3-4/h1H2;2-3H,1H3. The van der Waals surface area contributed by atoms with Gasteiger partial charge in [-0.3, -0.25) is 0 Å². The molecule has 0 aliphatic rings. The number of alkyl halides is 1. The molecule has 0 N–H and O–H groups in total. The Hall–Kier alpha value is -0.150. The first-order chi connectivity index (χ1) is 5.09. The molecule has 0 amide bonds. The molecule has 5 heteroatoms. The van der Waals surface area contributed by atoms with E-state index in [-0.39, 0.29) is 0 Å². The van der Waals surface area contributed by atoms with Gasteiger partial charge < -0.3 is 0 Å². The van der Waals surface area contributed by atoms with Gasteiger partial charge in [-0.15, -0.1) is 11.6 Å². The molecule has 0 saturated heterocycles. The van der Waals surface area contributed by atoms with E-state index in [9.17, 15) is 13.2 Å². The number of halogens is 5. The Morgan fingerprint density at radius 1 is 1.36 bits per heavy atom. The highest BCUT2D eigenvalue weighted by Gasteiger charge is 1.99. The molecule has 0 radical (unpaired) electrons. The largest absolute Gasteiger partial charge is 0.302 e. The zero-order chi connectivity index (χ0) is 9.28. The van der Waals surface area contributed by atoms with Crippen molar-refractivity contribution >= 4 is 23.2 Å². The fourth-order valence-corrected chi connectivity index (χ4v) is 0.152. The van der Waals surface area contributed by atoms with Crippen LogP contribution in [0.4, 0.5) is 13.2 Å². The summed E-state index contributed by atoms with van der Waals surface area (Å²) in [7, 11) is 0. The highest BCUT2D eigenvalue weighted by molar-refractivity contribution is 6.25. The van der Waals surface area contributed by atoms with E-state index in [1.165, 1.54) is 5.54 Å². The maximum absolute atomic E-state index is 11.3. The van der Waals surface area contributed by atoms with Gasteiger partial charge in [0.15, 0.2) is 5.83 Å². The van der Waals surface area contributed by atoms with Crippen molar-refractivity contribution in [2.24, 2.45) is 0 Å². The third-order valence-electron chi connectivity index (χ3n) is 0.448. The molecule has 0 unspecified atom stereocenters. The first-order valence-electron chi connectivity index (χ1n) is 2.57. The molecular weight excluding hydrogens is 200 g/mol. The van der Waals surface area contributed by atoms with Gasteiger partial charge in [0, 0.05) is 0 Å². The Morgan fingerprint density at radius 3 is 1.73 bits per heavy atom. The van der Waals surface area contributed by atoms with Crippen molar-refractivity contribution in [1.82, 2.24) is 0 Å². The summed E-state index contributed by atoms with van der Waals surface area (Å²) in [5, 5.41) is 0. The van der Waals surface area contributed by atoms with Crippen LogP contribution in [0.3, 0.4) is 0 Å². The second-order valence-electron chi connectivity index (χ2n) is 1.26. The predicted octanol–water partition coefficient (Wildman–Crippen LogP) is 4.06. The van der Waals surface area contributed by atoms with Gasteiger partial charge in [-0.1, -0.05) is 17.7 Å². The minimum Gasteiger partial charge on any atom is -0.205 e. The van der Waals surface area contributed by atoms with Crippen LogP contribution < -0.4 is 0 Å². The van der Waals surface area contributed by atoms with Crippen molar-refractivity contribution in [2.75, 3.05) is 5.88 Å². The van der Waals surface area contributed by atoms with Gasteiger partial charge in [-0.25, -0.2) is 4.39 Å². The third kappa shape index (κ3) is 12.9. The third-order valence-corrected chi connectivity index (χ3v) is 0.935. The van der Waals surface area contributed by atoms with Gasteiger partial charge in [0.05, 0.1) is 5.88 Å². The molecule has 0 aromatic heterocycles. The van der Waals surface area contributed by atoms with Gasteiger partial charge in [-0.2, -0.15) is 8.78 Å². The number of allylic oxidation sites excluding steroid dienone is 2. The molecule has 0 saturated carbocycles. The van der Waals surface area contributed by atoms with Crippen LogP contribution in [0.5, 0.6) is 0 Å². The van der Waals surface area contributed by atoms with E-state index in [1.54, 1.807) is 6.08 Å². The van der Waals surface area contributed by atoms with E-state index >= 15 is 0 Å². The lowest BCUT2D eigenvalue weighted by Gasteiger charge is -1.80. The Bertz CT molecular complexity index is 135. The van der Waals surface area contributed by atoms with Crippen LogP contribution in [0.2, 0.25) is 0 Å². The summed E-state index contributed by atoms with van der Waals surface area (Å²) in [5.41, 5.74) is 1.47. The van der Waals surface area contributed by atoms with E-state index in [0.717, 1.165) is 0 Å². The van der Waals surface area contributed by atoms with Crippen LogP contribution in [0.15, 0.2) is 23.5 Å². The highest BCUT2D eigenvalue weighted by Crippen LogP contribution is 2.09. The molecule has 0 bridgehead atoms. The molecule has 0 spiro atoms. The summed E-state index contributed by atoms with van der Waals surface area (Å²) in [5.74, 6) is -2.30.